The molecule has 3 N–H and O–H groups in total. The van der Waals surface area contributed by atoms with Crippen molar-refractivity contribution in [2.45, 2.75) is 44.3 Å². The minimum atomic E-state index is -4.53. The summed E-state index contributed by atoms with van der Waals surface area (Å²) in [6, 6.07) is 4.51. The number of ether oxygens (including phenoxy) is 1. The average molecular weight is 713 g/mol. The SMILES string of the molecule is COc1ccc(Cl)cc1CS(=O)(=O)Nc1c(F)cc(-c2cc3cnc(N[C@H]4C[C@H](F)CN(C(=O)O)C4)nc3n(C(C)C)c2=O)c(F)c1F. The lowest BCUT2D eigenvalue weighted by molar-refractivity contribution is 0.102. The van der Waals surface area contributed by atoms with Gasteiger partial charge < -0.3 is 20.1 Å². The van der Waals surface area contributed by atoms with Gasteiger partial charge in [-0.1, -0.05) is 11.6 Å². The largest absolute Gasteiger partial charge is 0.496 e. The number of alkyl halides is 1. The molecule has 0 spiro atoms. The normalized spacial score (nSPS) is 16.7. The van der Waals surface area contributed by atoms with Crippen LogP contribution in [0, 0.1) is 17.5 Å². The van der Waals surface area contributed by atoms with E-state index in [1.165, 1.54) is 31.5 Å². The number of carboxylic acid groups (broad SMARTS) is 1. The second-order valence-corrected chi connectivity index (χ2v) is 13.5. The number of anilines is 2. The first-order valence-corrected chi connectivity index (χ1v) is 16.4. The highest BCUT2D eigenvalue weighted by molar-refractivity contribution is 7.91. The number of nitrogens with zero attached hydrogens (tertiary/aromatic N) is 4. The third-order valence-electron chi connectivity index (χ3n) is 7.59. The molecule has 2 aromatic carbocycles. The van der Waals surface area contributed by atoms with Crippen LogP contribution >= 0.6 is 11.6 Å². The number of methoxy groups -OCH3 is 1. The highest BCUT2D eigenvalue weighted by atomic mass is 35.5. The van der Waals surface area contributed by atoms with Crippen LogP contribution in [0.1, 0.15) is 31.9 Å². The van der Waals surface area contributed by atoms with Crippen LogP contribution in [0.15, 0.2) is 41.3 Å². The zero-order valence-corrected chi connectivity index (χ0v) is 27.2. The van der Waals surface area contributed by atoms with Crippen molar-refractivity contribution >= 4 is 50.4 Å². The van der Waals surface area contributed by atoms with Gasteiger partial charge in [0.1, 0.15) is 23.3 Å². The second kappa shape index (κ2) is 13.5. The Kier molecular flexibility index (Phi) is 9.73. The number of carbonyl (C=O) groups is 1. The van der Waals surface area contributed by atoms with Crippen molar-refractivity contribution in [3.63, 3.8) is 0 Å². The van der Waals surface area contributed by atoms with Crippen LogP contribution in [0.5, 0.6) is 5.75 Å². The van der Waals surface area contributed by atoms with Crippen LogP contribution in [-0.4, -0.2) is 71.5 Å². The van der Waals surface area contributed by atoms with Crippen LogP contribution in [-0.2, 0) is 15.8 Å². The summed E-state index contributed by atoms with van der Waals surface area (Å²) in [4.78, 5) is 34.5. The molecule has 1 amide bonds. The number of sulfonamides is 1. The molecule has 0 radical (unpaired) electrons. The predicted molar refractivity (Wildman–Crippen MR) is 170 cm³/mol. The summed E-state index contributed by atoms with van der Waals surface area (Å²) >= 11 is 5.95. The van der Waals surface area contributed by atoms with Gasteiger partial charge in [0.25, 0.3) is 5.56 Å². The summed E-state index contributed by atoms with van der Waals surface area (Å²) in [7, 11) is -3.24. The van der Waals surface area contributed by atoms with Gasteiger partial charge in [-0.15, -0.1) is 0 Å². The van der Waals surface area contributed by atoms with Crippen molar-refractivity contribution in [1.82, 2.24) is 19.4 Å². The zero-order chi connectivity index (χ0) is 35.1. The Morgan fingerprint density at radius 1 is 1.15 bits per heavy atom. The van der Waals surface area contributed by atoms with Crippen LogP contribution in [0.25, 0.3) is 22.2 Å². The molecular formula is C30H29ClF4N6O6S. The minimum absolute atomic E-state index is 0.0154. The lowest BCUT2D eigenvalue weighted by Crippen LogP contribution is -2.49. The number of pyridine rings is 1. The van der Waals surface area contributed by atoms with E-state index in [-0.39, 0.29) is 52.8 Å². The van der Waals surface area contributed by atoms with Crippen molar-refractivity contribution in [3.8, 4) is 16.9 Å². The molecular weight excluding hydrogens is 684 g/mol. The highest BCUT2D eigenvalue weighted by Gasteiger charge is 2.31. The molecule has 1 saturated heterocycles. The molecule has 0 aliphatic carbocycles. The first-order valence-electron chi connectivity index (χ1n) is 14.4. The third kappa shape index (κ3) is 7.11. The quantitative estimate of drug-likeness (QED) is 0.149. The summed E-state index contributed by atoms with van der Waals surface area (Å²) in [6.45, 7) is 2.92. The van der Waals surface area contributed by atoms with E-state index in [1.54, 1.807) is 18.6 Å². The van der Waals surface area contributed by atoms with Gasteiger partial charge in [0.15, 0.2) is 17.5 Å². The average Bonchev–Trinajstić information content (AvgIpc) is 3.00. The van der Waals surface area contributed by atoms with Crippen molar-refractivity contribution in [2.24, 2.45) is 0 Å². The Morgan fingerprint density at radius 2 is 1.88 bits per heavy atom. The number of halogens is 5. The fraction of sp³-hybridized carbons (Fsp3) is 0.333. The molecule has 48 heavy (non-hydrogen) atoms. The summed E-state index contributed by atoms with van der Waals surface area (Å²) in [5, 5.41) is 12.5. The van der Waals surface area contributed by atoms with E-state index in [9.17, 15) is 27.5 Å². The van der Waals surface area contributed by atoms with Crippen LogP contribution in [0.2, 0.25) is 5.02 Å². The lowest BCUT2D eigenvalue weighted by Gasteiger charge is -2.33. The van der Waals surface area contributed by atoms with E-state index in [2.05, 4.69) is 15.3 Å². The highest BCUT2D eigenvalue weighted by Crippen LogP contribution is 2.33. The molecule has 0 unspecified atom stereocenters. The number of rotatable bonds is 9. The van der Waals surface area contributed by atoms with E-state index in [0.717, 1.165) is 15.5 Å². The standard InChI is InChI=1S/C30H29ClF4N6O6S/c1-14(2)41-27-15(10-36-29(38-27)37-19-8-18(32)11-40(12-19)30(43)44)7-21(28(41)42)20-9-22(33)26(25(35)24(20)34)39-48(45,46)13-16-6-17(31)4-5-23(16)47-3/h4-7,9-10,14,18-19,39H,8,11-13H2,1-3H3,(H,43,44)(H,36,37,38)/t18-,19-/m0/s1. The molecule has 0 bridgehead atoms. The molecule has 3 heterocycles. The zero-order valence-electron chi connectivity index (χ0n) is 25.6. The van der Waals surface area contributed by atoms with Crippen LogP contribution < -0.4 is 20.3 Å². The van der Waals surface area contributed by atoms with Gasteiger partial charge in [-0.2, -0.15) is 4.98 Å². The number of fused-ring (bicyclic) bond motifs is 1. The smallest absolute Gasteiger partial charge is 0.407 e. The maximum Gasteiger partial charge on any atom is 0.407 e. The van der Waals surface area contributed by atoms with Crippen molar-refractivity contribution in [3.05, 3.63) is 74.9 Å². The molecule has 1 aliphatic heterocycles. The first kappa shape index (κ1) is 34.7. The molecule has 2 aromatic heterocycles. The number of likely N-dealkylation sites (tertiary alicyclic amines) is 1. The van der Waals surface area contributed by atoms with Gasteiger partial charge in [0.05, 0.1) is 25.0 Å². The number of piperidine rings is 1. The summed E-state index contributed by atoms with van der Waals surface area (Å²) in [5.41, 5.74) is -3.27. The van der Waals surface area contributed by atoms with Gasteiger partial charge in [0.2, 0.25) is 16.0 Å². The molecule has 1 aliphatic rings. The van der Waals surface area contributed by atoms with Crippen LogP contribution in [0.4, 0.5) is 34.0 Å². The van der Waals surface area contributed by atoms with E-state index in [4.69, 9.17) is 16.3 Å². The summed E-state index contributed by atoms with van der Waals surface area (Å²) < 4.78 is 94.2. The molecule has 0 saturated carbocycles. The molecule has 4 aromatic rings. The minimum Gasteiger partial charge on any atom is -0.496 e. The Bertz CT molecular complexity index is 2080. The number of aromatic nitrogens is 3. The number of benzene rings is 2. The second-order valence-electron chi connectivity index (χ2n) is 11.4. The first-order chi connectivity index (χ1) is 22.6. The van der Waals surface area contributed by atoms with Crippen LogP contribution in [0.3, 0.4) is 0 Å². The number of nitrogens with one attached hydrogen (secondary N) is 2. The molecule has 12 nitrogen and oxygen atoms in total. The number of hydrogen-bond donors (Lipinski definition) is 3. The molecule has 2 atom stereocenters. The predicted octanol–water partition coefficient (Wildman–Crippen LogP) is 5.56. The van der Waals surface area contributed by atoms with Crippen molar-refractivity contribution in [2.75, 3.05) is 30.2 Å². The Labute approximate surface area is 276 Å². The Hall–Kier alpha value is -4.64. The van der Waals surface area contributed by atoms with Gasteiger partial charge in [-0.3, -0.25) is 14.1 Å². The van der Waals surface area contributed by atoms with Crippen molar-refractivity contribution < 1.29 is 40.6 Å². The summed E-state index contributed by atoms with van der Waals surface area (Å²) in [5.74, 6) is -5.78. The fourth-order valence-electron chi connectivity index (χ4n) is 5.48. The van der Waals surface area contributed by atoms with Gasteiger partial charge in [0, 0.05) is 52.8 Å². The lowest BCUT2D eigenvalue weighted by atomic mass is 10.0. The molecule has 18 heteroatoms. The Morgan fingerprint density at radius 3 is 2.54 bits per heavy atom. The maximum absolute atomic E-state index is 15.6. The topological polar surface area (TPSA) is 156 Å². The van der Waals surface area contributed by atoms with E-state index in [1.807, 2.05) is 0 Å². The Balaban J connectivity index is 1.50. The third-order valence-corrected chi connectivity index (χ3v) is 9.03. The number of amides is 1. The number of hydrogen-bond acceptors (Lipinski definition) is 8. The van der Waals surface area contributed by atoms with Gasteiger partial charge in [-0.05, 0) is 44.2 Å². The van der Waals surface area contributed by atoms with Gasteiger partial charge >= 0.3 is 6.09 Å². The van der Waals surface area contributed by atoms with E-state index < -0.39 is 79.9 Å². The van der Waals surface area contributed by atoms with E-state index >= 15 is 13.2 Å². The molecule has 5 rings (SSSR count). The monoisotopic (exact) mass is 712 g/mol. The van der Waals surface area contributed by atoms with Gasteiger partial charge in [-0.25, -0.2) is 35.8 Å². The fourth-order valence-corrected chi connectivity index (χ4v) is 6.88. The van der Waals surface area contributed by atoms with E-state index in [0.29, 0.717) is 6.07 Å². The summed E-state index contributed by atoms with van der Waals surface area (Å²) in [6.07, 6.45) is -1.46. The molecule has 256 valence electrons. The van der Waals surface area contributed by atoms with Crippen molar-refractivity contribution in [1.29, 1.82) is 0 Å². The maximum atomic E-state index is 15.6. The molecule has 1 fully saturated rings.